The molecule has 122 valence electrons. The molecule has 0 spiro atoms. The standard InChI is InChI=1S/C15H20N6OS/c1-3-16-12-4-5-13(19-18-12)20-6-8-21(9-7-20)15(22)14-11(2)17-10-23-14/h4-5,10H,3,6-9H2,1-2H3,(H,16,18). The topological polar surface area (TPSA) is 74.2 Å². The van der Waals surface area contributed by atoms with E-state index in [4.69, 9.17) is 0 Å². The lowest BCUT2D eigenvalue weighted by Crippen LogP contribution is -2.49. The molecule has 3 rings (SSSR count). The summed E-state index contributed by atoms with van der Waals surface area (Å²) in [6.45, 7) is 7.63. The second kappa shape index (κ2) is 6.91. The summed E-state index contributed by atoms with van der Waals surface area (Å²) in [5.41, 5.74) is 2.53. The van der Waals surface area contributed by atoms with Crippen LogP contribution in [0.3, 0.4) is 0 Å². The third-order valence-electron chi connectivity index (χ3n) is 3.84. The van der Waals surface area contributed by atoms with Gasteiger partial charge >= 0.3 is 0 Å². The van der Waals surface area contributed by atoms with Crippen LogP contribution in [0.25, 0.3) is 0 Å². The highest BCUT2D eigenvalue weighted by molar-refractivity contribution is 7.11. The van der Waals surface area contributed by atoms with Crippen LogP contribution in [0.5, 0.6) is 0 Å². The van der Waals surface area contributed by atoms with E-state index in [1.54, 1.807) is 5.51 Å². The number of piperazine rings is 1. The molecule has 0 radical (unpaired) electrons. The number of amides is 1. The number of hydrogen-bond donors (Lipinski definition) is 1. The SMILES string of the molecule is CCNc1ccc(N2CCN(C(=O)c3scnc3C)CC2)nn1. The summed E-state index contributed by atoms with van der Waals surface area (Å²) in [5, 5.41) is 11.5. The van der Waals surface area contributed by atoms with E-state index in [9.17, 15) is 4.79 Å². The molecule has 8 heteroatoms. The minimum absolute atomic E-state index is 0.0817. The molecule has 0 atom stereocenters. The summed E-state index contributed by atoms with van der Waals surface area (Å²) < 4.78 is 0. The van der Waals surface area contributed by atoms with E-state index < -0.39 is 0 Å². The molecule has 1 amide bonds. The minimum Gasteiger partial charge on any atom is -0.369 e. The Balaban J connectivity index is 1.60. The molecular weight excluding hydrogens is 312 g/mol. The summed E-state index contributed by atoms with van der Waals surface area (Å²) in [6, 6.07) is 3.90. The van der Waals surface area contributed by atoms with Crippen molar-refractivity contribution in [2.75, 3.05) is 42.9 Å². The summed E-state index contributed by atoms with van der Waals surface area (Å²) in [4.78, 5) is 21.4. The van der Waals surface area contributed by atoms with Gasteiger partial charge in [0.05, 0.1) is 11.2 Å². The summed E-state index contributed by atoms with van der Waals surface area (Å²) in [5.74, 6) is 1.72. The average Bonchev–Trinajstić information content (AvgIpc) is 3.01. The third-order valence-corrected chi connectivity index (χ3v) is 4.76. The molecule has 3 heterocycles. The molecule has 23 heavy (non-hydrogen) atoms. The summed E-state index contributed by atoms with van der Waals surface area (Å²) >= 11 is 1.41. The first-order valence-corrected chi connectivity index (χ1v) is 8.59. The van der Waals surface area contributed by atoms with Crippen molar-refractivity contribution in [1.82, 2.24) is 20.1 Å². The lowest BCUT2D eigenvalue weighted by molar-refractivity contribution is 0.0750. The van der Waals surface area contributed by atoms with Crippen LogP contribution < -0.4 is 10.2 Å². The van der Waals surface area contributed by atoms with Crippen molar-refractivity contribution >= 4 is 28.9 Å². The highest BCUT2D eigenvalue weighted by atomic mass is 32.1. The molecule has 0 unspecified atom stereocenters. The molecule has 7 nitrogen and oxygen atoms in total. The number of carbonyl (C=O) groups excluding carboxylic acids is 1. The van der Waals surface area contributed by atoms with Crippen LogP contribution in [0, 0.1) is 6.92 Å². The molecule has 2 aromatic heterocycles. The zero-order valence-electron chi connectivity index (χ0n) is 13.3. The van der Waals surface area contributed by atoms with Gasteiger partial charge in [0.1, 0.15) is 10.7 Å². The van der Waals surface area contributed by atoms with Gasteiger partial charge in [-0.3, -0.25) is 4.79 Å². The number of anilines is 2. The van der Waals surface area contributed by atoms with E-state index in [-0.39, 0.29) is 5.91 Å². The summed E-state index contributed by atoms with van der Waals surface area (Å²) in [6.07, 6.45) is 0. The van der Waals surface area contributed by atoms with Crippen LogP contribution in [0.15, 0.2) is 17.6 Å². The van der Waals surface area contributed by atoms with Gasteiger partial charge in [-0.15, -0.1) is 21.5 Å². The molecule has 0 aliphatic carbocycles. The Morgan fingerprint density at radius 1 is 1.26 bits per heavy atom. The van der Waals surface area contributed by atoms with Gasteiger partial charge in [0.2, 0.25) is 0 Å². The van der Waals surface area contributed by atoms with E-state index in [0.29, 0.717) is 13.1 Å². The highest BCUT2D eigenvalue weighted by Gasteiger charge is 2.25. The predicted molar refractivity (Wildman–Crippen MR) is 91.2 cm³/mol. The van der Waals surface area contributed by atoms with Gasteiger partial charge in [0, 0.05) is 32.7 Å². The molecule has 2 aromatic rings. The number of rotatable bonds is 4. The lowest BCUT2D eigenvalue weighted by atomic mass is 10.2. The van der Waals surface area contributed by atoms with Crippen molar-refractivity contribution in [3.8, 4) is 0 Å². The van der Waals surface area contributed by atoms with Gasteiger partial charge < -0.3 is 15.1 Å². The maximum Gasteiger partial charge on any atom is 0.265 e. The first kappa shape index (κ1) is 15.7. The van der Waals surface area contributed by atoms with Crippen LogP contribution in [0.1, 0.15) is 22.3 Å². The van der Waals surface area contributed by atoms with Crippen molar-refractivity contribution in [3.05, 3.63) is 28.2 Å². The number of aryl methyl sites for hydroxylation is 1. The Morgan fingerprint density at radius 2 is 2.04 bits per heavy atom. The second-order valence-corrected chi connectivity index (χ2v) is 6.21. The van der Waals surface area contributed by atoms with Gasteiger partial charge in [0.15, 0.2) is 5.82 Å². The molecule has 1 fully saturated rings. The number of carbonyl (C=O) groups is 1. The van der Waals surface area contributed by atoms with Crippen molar-refractivity contribution in [2.24, 2.45) is 0 Å². The normalized spacial score (nSPS) is 14.9. The number of nitrogens with zero attached hydrogens (tertiary/aromatic N) is 5. The Kier molecular flexibility index (Phi) is 4.71. The van der Waals surface area contributed by atoms with E-state index in [0.717, 1.165) is 41.8 Å². The largest absolute Gasteiger partial charge is 0.369 e. The van der Waals surface area contributed by atoms with Gasteiger partial charge in [0.25, 0.3) is 5.91 Å². The quantitative estimate of drug-likeness (QED) is 0.917. The van der Waals surface area contributed by atoms with E-state index >= 15 is 0 Å². The maximum atomic E-state index is 12.5. The maximum absolute atomic E-state index is 12.5. The van der Waals surface area contributed by atoms with E-state index in [1.807, 2.05) is 30.9 Å². The van der Waals surface area contributed by atoms with E-state index in [2.05, 4.69) is 25.4 Å². The molecule has 0 bridgehead atoms. The van der Waals surface area contributed by atoms with Gasteiger partial charge in [-0.2, -0.15) is 0 Å². The van der Waals surface area contributed by atoms with Crippen molar-refractivity contribution < 1.29 is 4.79 Å². The van der Waals surface area contributed by atoms with Crippen LogP contribution in [0.4, 0.5) is 11.6 Å². The van der Waals surface area contributed by atoms with Gasteiger partial charge in [-0.1, -0.05) is 0 Å². The first-order chi connectivity index (χ1) is 11.2. The number of hydrogen-bond acceptors (Lipinski definition) is 7. The lowest BCUT2D eigenvalue weighted by Gasteiger charge is -2.35. The monoisotopic (exact) mass is 332 g/mol. The molecule has 1 N–H and O–H groups in total. The zero-order chi connectivity index (χ0) is 16.2. The average molecular weight is 332 g/mol. The summed E-state index contributed by atoms with van der Waals surface area (Å²) in [7, 11) is 0. The first-order valence-electron chi connectivity index (χ1n) is 7.71. The Bertz CT molecular complexity index is 663. The smallest absolute Gasteiger partial charge is 0.265 e. The molecule has 1 saturated heterocycles. The third kappa shape index (κ3) is 3.42. The highest BCUT2D eigenvalue weighted by Crippen LogP contribution is 2.18. The fourth-order valence-corrected chi connectivity index (χ4v) is 3.33. The fourth-order valence-electron chi connectivity index (χ4n) is 2.56. The Morgan fingerprint density at radius 3 is 2.61 bits per heavy atom. The number of thiazole rings is 1. The Hall–Kier alpha value is -2.22. The van der Waals surface area contributed by atoms with Gasteiger partial charge in [-0.05, 0) is 26.0 Å². The van der Waals surface area contributed by atoms with Crippen LogP contribution in [-0.2, 0) is 0 Å². The number of aromatic nitrogens is 3. The fraction of sp³-hybridized carbons (Fsp3) is 0.467. The van der Waals surface area contributed by atoms with E-state index in [1.165, 1.54) is 11.3 Å². The molecule has 1 aliphatic heterocycles. The van der Waals surface area contributed by atoms with Crippen molar-refractivity contribution in [3.63, 3.8) is 0 Å². The predicted octanol–water partition coefficient (Wildman–Crippen LogP) is 1.64. The molecule has 1 aliphatic rings. The molecule has 0 saturated carbocycles. The van der Waals surface area contributed by atoms with Crippen LogP contribution in [0.2, 0.25) is 0 Å². The zero-order valence-corrected chi connectivity index (χ0v) is 14.1. The van der Waals surface area contributed by atoms with Crippen molar-refractivity contribution in [1.29, 1.82) is 0 Å². The van der Waals surface area contributed by atoms with Gasteiger partial charge in [-0.25, -0.2) is 4.98 Å². The van der Waals surface area contributed by atoms with Crippen LogP contribution >= 0.6 is 11.3 Å². The Labute approximate surface area is 139 Å². The second-order valence-electron chi connectivity index (χ2n) is 5.35. The minimum atomic E-state index is 0.0817. The van der Waals surface area contributed by atoms with Crippen LogP contribution in [-0.4, -0.2) is 58.7 Å². The van der Waals surface area contributed by atoms with Crippen molar-refractivity contribution in [2.45, 2.75) is 13.8 Å². The molecule has 0 aromatic carbocycles. The number of nitrogens with one attached hydrogen (secondary N) is 1. The molecular formula is C15H20N6OS.